The fraction of sp³-hybridized carbons (Fsp3) is 0.435. The Morgan fingerprint density at radius 2 is 2.00 bits per heavy atom. The first-order valence-corrected chi connectivity index (χ1v) is 11.2. The zero-order chi connectivity index (χ0) is 22.9. The summed E-state index contributed by atoms with van der Waals surface area (Å²) in [5, 5.41) is 9.01. The van der Waals surface area contributed by atoms with Gasteiger partial charge in [0.1, 0.15) is 12.4 Å². The molecule has 172 valence electrons. The van der Waals surface area contributed by atoms with E-state index < -0.39 is 11.9 Å². The molecule has 0 radical (unpaired) electrons. The van der Waals surface area contributed by atoms with Gasteiger partial charge in [0.05, 0.1) is 31.0 Å². The standard InChI is InChI=1S/C23H25N5O5/c29-20(30)11-16-13-24-19-12-17(4-7-28(19)23(16)32)27-8-9-33-18-10-15(14-25-21(18)27)22(31)26-5-2-1-3-6-26/h4,7,10,12,14,16H,1-3,5-6,8-9,11,13H2,(H,29,30). The molecule has 4 aliphatic rings. The lowest BCUT2D eigenvalue weighted by Gasteiger charge is -2.35. The molecule has 1 atom stereocenters. The van der Waals surface area contributed by atoms with Gasteiger partial charge in [-0.2, -0.15) is 0 Å². The minimum Gasteiger partial charge on any atom is -0.488 e. The molecule has 0 spiro atoms. The number of aliphatic imine (C=N–C) groups is 1. The van der Waals surface area contributed by atoms with Crippen LogP contribution in [-0.2, 0) is 9.59 Å². The van der Waals surface area contributed by atoms with Crippen molar-refractivity contribution < 1.29 is 24.2 Å². The van der Waals surface area contributed by atoms with Crippen LogP contribution in [0.4, 0.5) is 5.82 Å². The summed E-state index contributed by atoms with van der Waals surface area (Å²) in [6.45, 7) is 2.67. The number of amidine groups is 1. The lowest BCUT2D eigenvalue weighted by Crippen LogP contribution is -2.44. The summed E-state index contributed by atoms with van der Waals surface area (Å²) in [5.74, 6) is -0.342. The molecule has 1 aromatic heterocycles. The number of hydrogen-bond acceptors (Lipinski definition) is 7. The average molecular weight is 451 g/mol. The molecule has 10 heteroatoms. The van der Waals surface area contributed by atoms with Crippen molar-refractivity contribution in [2.75, 3.05) is 37.7 Å². The highest BCUT2D eigenvalue weighted by Crippen LogP contribution is 2.34. The molecular formula is C23H25N5O5. The minimum atomic E-state index is -1.02. The van der Waals surface area contributed by atoms with Gasteiger partial charge in [0.2, 0.25) is 5.91 Å². The Morgan fingerprint density at radius 3 is 2.79 bits per heavy atom. The van der Waals surface area contributed by atoms with E-state index in [1.165, 1.54) is 4.90 Å². The maximum atomic E-state index is 12.9. The quantitative estimate of drug-likeness (QED) is 0.740. The maximum absolute atomic E-state index is 12.9. The number of anilines is 1. The molecule has 0 saturated carbocycles. The molecule has 4 aliphatic heterocycles. The summed E-state index contributed by atoms with van der Waals surface area (Å²) in [6.07, 6.45) is 9.74. The fourth-order valence-corrected chi connectivity index (χ4v) is 4.54. The Kier molecular flexibility index (Phi) is 5.57. The second-order valence-corrected chi connectivity index (χ2v) is 8.49. The van der Waals surface area contributed by atoms with Crippen LogP contribution in [0.5, 0.6) is 5.75 Å². The van der Waals surface area contributed by atoms with Gasteiger partial charge < -0.3 is 19.6 Å². The number of likely N-dealkylation sites (tertiary alicyclic amines) is 1. The van der Waals surface area contributed by atoms with E-state index in [1.807, 2.05) is 9.80 Å². The molecular weight excluding hydrogens is 426 g/mol. The molecule has 2 amide bonds. The number of fused-ring (bicyclic) bond motifs is 2. The molecule has 5 rings (SSSR count). The smallest absolute Gasteiger partial charge is 0.304 e. The molecule has 1 N–H and O–H groups in total. The van der Waals surface area contributed by atoms with Gasteiger partial charge in [-0.25, -0.2) is 4.98 Å². The normalized spacial score (nSPS) is 22.1. The summed E-state index contributed by atoms with van der Waals surface area (Å²) in [4.78, 5) is 50.7. The molecule has 1 unspecified atom stereocenters. The Morgan fingerprint density at radius 1 is 1.18 bits per heavy atom. The summed E-state index contributed by atoms with van der Waals surface area (Å²) in [7, 11) is 0. The van der Waals surface area contributed by atoms with Crippen molar-refractivity contribution in [3.8, 4) is 5.75 Å². The number of pyridine rings is 1. The number of nitrogens with zero attached hydrogens (tertiary/aromatic N) is 5. The zero-order valence-electron chi connectivity index (χ0n) is 18.1. The van der Waals surface area contributed by atoms with E-state index in [4.69, 9.17) is 9.84 Å². The van der Waals surface area contributed by atoms with E-state index in [9.17, 15) is 14.4 Å². The molecule has 5 heterocycles. The number of carbonyl (C=O) groups is 3. The SMILES string of the molecule is O=C(O)CC1CN=C2C=C(N3CCOc4cc(C(=O)N5CCCCC5)cnc43)C=CN2C1=O. The van der Waals surface area contributed by atoms with E-state index in [-0.39, 0.29) is 24.8 Å². The number of ether oxygens (including phenoxy) is 1. The van der Waals surface area contributed by atoms with Gasteiger partial charge in [0.15, 0.2) is 11.6 Å². The van der Waals surface area contributed by atoms with Gasteiger partial charge in [0, 0.05) is 37.3 Å². The third-order valence-corrected chi connectivity index (χ3v) is 6.26. The van der Waals surface area contributed by atoms with Gasteiger partial charge in [0.25, 0.3) is 5.91 Å². The van der Waals surface area contributed by atoms with Crippen molar-refractivity contribution in [1.29, 1.82) is 0 Å². The molecule has 33 heavy (non-hydrogen) atoms. The topological polar surface area (TPSA) is 116 Å². The third-order valence-electron chi connectivity index (χ3n) is 6.26. The van der Waals surface area contributed by atoms with E-state index in [2.05, 4.69) is 9.98 Å². The number of hydrogen-bond donors (Lipinski definition) is 1. The van der Waals surface area contributed by atoms with Crippen molar-refractivity contribution in [1.82, 2.24) is 14.8 Å². The minimum absolute atomic E-state index is 0.0240. The van der Waals surface area contributed by atoms with Crippen LogP contribution in [0.3, 0.4) is 0 Å². The van der Waals surface area contributed by atoms with Crippen molar-refractivity contribution in [3.05, 3.63) is 41.9 Å². The first kappa shape index (κ1) is 21.2. The number of aliphatic carboxylic acids is 1. The fourth-order valence-electron chi connectivity index (χ4n) is 4.54. The highest BCUT2D eigenvalue weighted by Gasteiger charge is 2.34. The van der Waals surface area contributed by atoms with Crippen LogP contribution >= 0.6 is 0 Å². The van der Waals surface area contributed by atoms with Crippen molar-refractivity contribution in [2.45, 2.75) is 25.7 Å². The van der Waals surface area contributed by atoms with Crippen LogP contribution in [0.1, 0.15) is 36.0 Å². The van der Waals surface area contributed by atoms with Gasteiger partial charge in [-0.15, -0.1) is 0 Å². The van der Waals surface area contributed by atoms with Gasteiger partial charge >= 0.3 is 5.97 Å². The van der Waals surface area contributed by atoms with E-state index in [0.29, 0.717) is 36.1 Å². The van der Waals surface area contributed by atoms with Crippen LogP contribution in [0.25, 0.3) is 0 Å². The predicted octanol–water partition coefficient (Wildman–Crippen LogP) is 1.65. The Hall–Kier alpha value is -3.69. The van der Waals surface area contributed by atoms with Gasteiger partial charge in [-0.05, 0) is 31.4 Å². The number of carboxylic acid groups (broad SMARTS) is 1. The van der Waals surface area contributed by atoms with Crippen LogP contribution in [0.15, 0.2) is 41.3 Å². The first-order chi connectivity index (χ1) is 16.0. The largest absolute Gasteiger partial charge is 0.488 e. The van der Waals surface area contributed by atoms with Crippen molar-refractivity contribution in [2.24, 2.45) is 10.9 Å². The Balaban J connectivity index is 1.37. The number of carbonyl (C=O) groups excluding carboxylic acids is 2. The highest BCUT2D eigenvalue weighted by molar-refractivity contribution is 6.09. The zero-order valence-corrected chi connectivity index (χ0v) is 18.1. The van der Waals surface area contributed by atoms with Crippen LogP contribution in [-0.4, -0.2) is 76.3 Å². The number of carboxylic acids is 1. The van der Waals surface area contributed by atoms with Crippen LogP contribution in [0.2, 0.25) is 0 Å². The molecule has 1 fully saturated rings. The highest BCUT2D eigenvalue weighted by atomic mass is 16.5. The second-order valence-electron chi connectivity index (χ2n) is 8.49. The predicted molar refractivity (Wildman–Crippen MR) is 119 cm³/mol. The number of amides is 2. The Labute approximate surface area is 190 Å². The lowest BCUT2D eigenvalue weighted by atomic mass is 10.0. The summed E-state index contributed by atoms with van der Waals surface area (Å²) < 4.78 is 5.82. The molecule has 0 bridgehead atoms. The monoisotopic (exact) mass is 451 g/mol. The van der Waals surface area contributed by atoms with Crippen LogP contribution < -0.4 is 9.64 Å². The number of aromatic nitrogens is 1. The van der Waals surface area contributed by atoms with Crippen molar-refractivity contribution in [3.63, 3.8) is 0 Å². The molecule has 0 aromatic carbocycles. The van der Waals surface area contributed by atoms with E-state index in [1.54, 1.807) is 30.6 Å². The van der Waals surface area contributed by atoms with Gasteiger partial charge in [-0.1, -0.05) is 0 Å². The van der Waals surface area contributed by atoms with E-state index in [0.717, 1.165) is 38.0 Å². The van der Waals surface area contributed by atoms with Gasteiger partial charge in [-0.3, -0.25) is 24.3 Å². The molecule has 1 aromatic rings. The Bertz CT molecular complexity index is 1090. The summed E-state index contributed by atoms with van der Waals surface area (Å²) in [5.41, 5.74) is 1.31. The molecule has 1 saturated heterocycles. The second kappa shape index (κ2) is 8.68. The summed E-state index contributed by atoms with van der Waals surface area (Å²) in [6, 6.07) is 1.75. The van der Waals surface area contributed by atoms with Crippen LogP contribution in [0, 0.1) is 5.92 Å². The number of piperidine rings is 1. The van der Waals surface area contributed by atoms with E-state index >= 15 is 0 Å². The average Bonchev–Trinajstić information content (AvgIpc) is 2.84. The number of rotatable bonds is 4. The lowest BCUT2D eigenvalue weighted by molar-refractivity contribution is -0.142. The molecule has 10 nitrogen and oxygen atoms in total. The summed E-state index contributed by atoms with van der Waals surface area (Å²) >= 11 is 0. The number of allylic oxidation sites excluding steroid dienone is 1. The van der Waals surface area contributed by atoms with Crippen molar-refractivity contribution >= 4 is 29.4 Å². The molecule has 0 aliphatic carbocycles. The maximum Gasteiger partial charge on any atom is 0.304 e. The first-order valence-electron chi connectivity index (χ1n) is 11.2. The third kappa shape index (κ3) is 4.08.